The Labute approximate surface area is 129 Å². The van der Waals surface area contributed by atoms with Gasteiger partial charge in [-0.2, -0.15) is 0 Å². The van der Waals surface area contributed by atoms with Crippen LogP contribution in [0.2, 0.25) is 0 Å². The molecule has 6 heteroatoms. The Morgan fingerprint density at radius 1 is 1.32 bits per heavy atom. The van der Waals surface area contributed by atoms with Crippen molar-refractivity contribution in [2.75, 3.05) is 39.8 Å². The highest BCUT2D eigenvalue weighted by molar-refractivity contribution is 5.70. The molecule has 0 unspecified atom stereocenters. The molecule has 3 rings (SSSR count). The zero-order chi connectivity index (χ0) is 15.6. The fourth-order valence-electron chi connectivity index (χ4n) is 3.21. The topological polar surface area (TPSA) is 42.0 Å². The molecule has 0 aromatic heterocycles. The zero-order valence-electron chi connectivity index (χ0n) is 12.8. The summed E-state index contributed by atoms with van der Waals surface area (Å²) in [6.07, 6.45) is 1.69. The molecule has 0 saturated carbocycles. The molecule has 22 heavy (non-hydrogen) atoms. The van der Waals surface area contributed by atoms with Gasteiger partial charge >= 0.3 is 6.09 Å². The predicted molar refractivity (Wildman–Crippen MR) is 79.4 cm³/mol. The minimum absolute atomic E-state index is 0.232. The first-order valence-corrected chi connectivity index (χ1v) is 7.61. The van der Waals surface area contributed by atoms with Gasteiger partial charge in [-0.05, 0) is 43.7 Å². The van der Waals surface area contributed by atoms with Crippen molar-refractivity contribution in [3.8, 4) is 5.75 Å². The molecule has 0 N–H and O–H groups in total. The lowest BCUT2D eigenvalue weighted by molar-refractivity contribution is -0.0116. The molecule has 1 aromatic rings. The number of hydrogen-bond donors (Lipinski definition) is 0. The van der Waals surface area contributed by atoms with Gasteiger partial charge in [0.1, 0.15) is 23.8 Å². The molecular weight excluding hydrogens is 287 g/mol. The monoisotopic (exact) mass is 308 g/mol. The molecule has 0 bridgehead atoms. The van der Waals surface area contributed by atoms with Crippen molar-refractivity contribution in [2.24, 2.45) is 0 Å². The first-order chi connectivity index (χ1) is 10.6. The standard InChI is InChI=1S/C16H21FN2O3/c1-18-11-16(22-15(18)20)7-2-8-19(12-16)9-10-21-14-5-3-13(17)4-6-14/h3-6H,2,7-12H2,1H3/t16-/m0/s1. The van der Waals surface area contributed by atoms with Crippen LogP contribution >= 0.6 is 0 Å². The smallest absolute Gasteiger partial charge is 0.410 e. The number of rotatable bonds is 4. The zero-order valence-corrected chi connectivity index (χ0v) is 12.8. The van der Waals surface area contributed by atoms with Crippen molar-refractivity contribution >= 4 is 6.09 Å². The number of benzene rings is 1. The molecule has 2 aliphatic rings. The van der Waals surface area contributed by atoms with Crippen LogP contribution in [0.1, 0.15) is 12.8 Å². The maximum Gasteiger partial charge on any atom is 0.410 e. The second kappa shape index (κ2) is 6.12. The molecule has 1 spiro atoms. The van der Waals surface area contributed by atoms with Gasteiger partial charge in [0.05, 0.1) is 6.54 Å². The molecule has 2 heterocycles. The van der Waals surface area contributed by atoms with Gasteiger partial charge in [-0.15, -0.1) is 0 Å². The molecule has 5 nitrogen and oxygen atoms in total. The van der Waals surface area contributed by atoms with Gasteiger partial charge in [0, 0.05) is 20.1 Å². The third-order valence-electron chi connectivity index (χ3n) is 4.25. The maximum absolute atomic E-state index is 12.8. The summed E-state index contributed by atoms with van der Waals surface area (Å²) in [5.74, 6) is 0.401. The molecule has 120 valence electrons. The van der Waals surface area contributed by atoms with Gasteiger partial charge < -0.3 is 14.4 Å². The van der Waals surface area contributed by atoms with Gasteiger partial charge in [-0.3, -0.25) is 4.90 Å². The average molecular weight is 308 g/mol. The number of ether oxygens (including phenoxy) is 2. The summed E-state index contributed by atoms with van der Waals surface area (Å²) in [4.78, 5) is 15.5. The number of piperidine rings is 1. The van der Waals surface area contributed by atoms with Gasteiger partial charge in [0.2, 0.25) is 0 Å². The number of hydrogen-bond acceptors (Lipinski definition) is 4. The molecule has 1 aromatic carbocycles. The van der Waals surface area contributed by atoms with Crippen LogP contribution in [0, 0.1) is 5.82 Å². The lowest BCUT2D eigenvalue weighted by Gasteiger charge is -2.38. The largest absolute Gasteiger partial charge is 0.492 e. The Kier molecular flexibility index (Phi) is 4.20. The Morgan fingerprint density at radius 3 is 2.77 bits per heavy atom. The summed E-state index contributed by atoms with van der Waals surface area (Å²) in [6, 6.07) is 6.03. The third kappa shape index (κ3) is 3.32. The molecule has 1 atom stereocenters. The normalized spacial score (nSPS) is 25.5. The minimum atomic E-state index is -0.361. The van der Waals surface area contributed by atoms with Crippen molar-refractivity contribution in [1.29, 1.82) is 0 Å². The van der Waals surface area contributed by atoms with E-state index in [1.165, 1.54) is 12.1 Å². The van der Waals surface area contributed by atoms with E-state index in [1.807, 2.05) is 0 Å². The summed E-state index contributed by atoms with van der Waals surface area (Å²) in [7, 11) is 1.77. The van der Waals surface area contributed by atoms with E-state index in [0.29, 0.717) is 18.9 Å². The van der Waals surface area contributed by atoms with E-state index in [1.54, 1.807) is 24.1 Å². The van der Waals surface area contributed by atoms with E-state index >= 15 is 0 Å². The van der Waals surface area contributed by atoms with Crippen LogP contribution in [-0.2, 0) is 4.74 Å². The Balaban J connectivity index is 1.49. The SMILES string of the molecule is CN1C[C@]2(CCCN(CCOc3ccc(F)cc3)C2)OC1=O. The first kappa shape index (κ1) is 15.1. The molecular formula is C16H21FN2O3. The molecule has 0 aliphatic carbocycles. The maximum atomic E-state index is 12.8. The fourth-order valence-corrected chi connectivity index (χ4v) is 3.21. The average Bonchev–Trinajstić information content (AvgIpc) is 2.75. The lowest BCUT2D eigenvalue weighted by atomic mass is 9.93. The minimum Gasteiger partial charge on any atom is -0.492 e. The van der Waals surface area contributed by atoms with Gasteiger partial charge in [-0.25, -0.2) is 9.18 Å². The van der Waals surface area contributed by atoms with Crippen LogP contribution < -0.4 is 4.74 Å². The predicted octanol–water partition coefficient (Wildman–Crippen LogP) is 2.12. The lowest BCUT2D eigenvalue weighted by Crippen LogP contribution is -2.51. The van der Waals surface area contributed by atoms with Crippen molar-refractivity contribution < 1.29 is 18.7 Å². The van der Waals surface area contributed by atoms with Crippen molar-refractivity contribution in [3.05, 3.63) is 30.1 Å². The summed E-state index contributed by atoms with van der Waals surface area (Å²) in [5.41, 5.74) is -0.361. The van der Waals surface area contributed by atoms with Crippen LogP contribution in [0.3, 0.4) is 0 Å². The quantitative estimate of drug-likeness (QED) is 0.854. The number of carbonyl (C=O) groups excluding carboxylic acids is 1. The Bertz CT molecular complexity index is 537. The highest BCUT2D eigenvalue weighted by atomic mass is 19.1. The van der Waals surface area contributed by atoms with Gasteiger partial charge in [0.25, 0.3) is 0 Å². The molecule has 2 aliphatic heterocycles. The highest BCUT2D eigenvalue weighted by Gasteiger charge is 2.46. The summed E-state index contributed by atoms with van der Waals surface area (Å²) >= 11 is 0. The Hall–Kier alpha value is -1.82. The number of carbonyl (C=O) groups is 1. The van der Waals surface area contributed by atoms with E-state index in [4.69, 9.17) is 9.47 Å². The second-order valence-electron chi connectivity index (χ2n) is 6.09. The molecule has 1 amide bonds. The third-order valence-corrected chi connectivity index (χ3v) is 4.25. The van der Waals surface area contributed by atoms with Crippen LogP contribution in [0.25, 0.3) is 0 Å². The van der Waals surface area contributed by atoms with Gasteiger partial charge in [0.15, 0.2) is 0 Å². The van der Waals surface area contributed by atoms with E-state index in [-0.39, 0.29) is 17.5 Å². The highest BCUT2D eigenvalue weighted by Crippen LogP contribution is 2.31. The number of amides is 1. The van der Waals surface area contributed by atoms with E-state index in [0.717, 1.165) is 32.5 Å². The van der Waals surface area contributed by atoms with E-state index < -0.39 is 0 Å². The number of likely N-dealkylation sites (tertiary alicyclic amines) is 1. The number of halogens is 1. The summed E-state index contributed by atoms with van der Waals surface area (Å²) < 4.78 is 24.0. The van der Waals surface area contributed by atoms with Crippen LogP contribution in [-0.4, -0.2) is 61.3 Å². The Morgan fingerprint density at radius 2 is 2.09 bits per heavy atom. The molecule has 0 radical (unpaired) electrons. The molecule has 2 saturated heterocycles. The van der Waals surface area contributed by atoms with Crippen molar-refractivity contribution in [2.45, 2.75) is 18.4 Å². The first-order valence-electron chi connectivity index (χ1n) is 7.61. The summed E-state index contributed by atoms with van der Waals surface area (Å²) in [5, 5.41) is 0. The van der Waals surface area contributed by atoms with E-state index in [2.05, 4.69) is 4.90 Å². The molecule has 2 fully saturated rings. The fraction of sp³-hybridized carbons (Fsp3) is 0.562. The second-order valence-corrected chi connectivity index (χ2v) is 6.09. The van der Waals surface area contributed by atoms with Crippen molar-refractivity contribution in [3.63, 3.8) is 0 Å². The van der Waals surface area contributed by atoms with Crippen LogP contribution in [0.15, 0.2) is 24.3 Å². The van der Waals surface area contributed by atoms with E-state index in [9.17, 15) is 9.18 Å². The van der Waals surface area contributed by atoms with Crippen molar-refractivity contribution in [1.82, 2.24) is 9.80 Å². The van der Waals surface area contributed by atoms with Crippen LogP contribution in [0.5, 0.6) is 5.75 Å². The summed E-state index contributed by atoms with van der Waals surface area (Å²) in [6.45, 7) is 3.68. The number of nitrogens with zero attached hydrogens (tertiary/aromatic N) is 2. The van der Waals surface area contributed by atoms with Gasteiger partial charge in [-0.1, -0.05) is 0 Å². The van der Waals surface area contributed by atoms with Crippen LogP contribution in [0.4, 0.5) is 9.18 Å². The number of likely N-dealkylation sites (N-methyl/N-ethyl adjacent to an activating group) is 1.